The molecule has 2 aromatic heterocycles. The third-order valence-corrected chi connectivity index (χ3v) is 7.66. The predicted octanol–water partition coefficient (Wildman–Crippen LogP) is 3.68. The average Bonchev–Trinajstić information content (AvgIpc) is 3.45. The first-order valence-electron chi connectivity index (χ1n) is 11.8. The second kappa shape index (κ2) is 13.0. The SMILES string of the molecule is C=CCSc1ncccc1C(=O)N1CCC(c2nc(C(=O)NNC(=O)COc3ccccc3)cs2)CC1. The Labute approximate surface area is 223 Å². The number of benzene rings is 1. The molecule has 3 heterocycles. The van der Waals surface area contributed by atoms with Crippen LogP contribution in [0.4, 0.5) is 0 Å². The first-order chi connectivity index (χ1) is 18.0. The van der Waals surface area contributed by atoms with Gasteiger partial charge in [0.05, 0.1) is 10.6 Å². The smallest absolute Gasteiger partial charge is 0.289 e. The van der Waals surface area contributed by atoms with Crippen molar-refractivity contribution < 1.29 is 19.1 Å². The van der Waals surface area contributed by atoms with Crippen LogP contribution in [0.15, 0.2) is 71.7 Å². The zero-order chi connectivity index (χ0) is 26.0. The summed E-state index contributed by atoms with van der Waals surface area (Å²) in [5.41, 5.74) is 5.55. The summed E-state index contributed by atoms with van der Waals surface area (Å²) in [7, 11) is 0. The minimum absolute atomic E-state index is 0.0238. The third kappa shape index (κ3) is 7.17. The van der Waals surface area contributed by atoms with Gasteiger partial charge in [-0.1, -0.05) is 24.3 Å². The van der Waals surface area contributed by atoms with Crippen molar-refractivity contribution in [1.82, 2.24) is 25.7 Å². The van der Waals surface area contributed by atoms with E-state index in [9.17, 15) is 14.4 Å². The molecule has 1 aliphatic heterocycles. The van der Waals surface area contributed by atoms with Crippen molar-refractivity contribution in [3.8, 4) is 5.75 Å². The topological polar surface area (TPSA) is 114 Å². The molecule has 11 heteroatoms. The summed E-state index contributed by atoms with van der Waals surface area (Å²) >= 11 is 2.90. The normalized spacial score (nSPS) is 13.6. The van der Waals surface area contributed by atoms with Crippen LogP contribution >= 0.6 is 23.1 Å². The summed E-state index contributed by atoms with van der Waals surface area (Å²) < 4.78 is 5.35. The maximum Gasteiger partial charge on any atom is 0.289 e. The number of ether oxygens (including phenoxy) is 1. The number of likely N-dealkylation sites (tertiary alicyclic amines) is 1. The molecule has 0 aliphatic carbocycles. The van der Waals surface area contributed by atoms with Gasteiger partial charge in [0.1, 0.15) is 16.5 Å². The Morgan fingerprint density at radius 3 is 2.68 bits per heavy atom. The second-order valence-corrected chi connectivity index (χ2v) is 10.1. The molecule has 1 aliphatic rings. The lowest BCUT2D eigenvalue weighted by Crippen LogP contribution is -2.44. The third-order valence-electron chi connectivity index (χ3n) is 5.65. The molecular weight excluding hydrogens is 510 g/mol. The van der Waals surface area contributed by atoms with Crippen molar-refractivity contribution in [1.29, 1.82) is 0 Å². The van der Waals surface area contributed by atoms with Crippen molar-refractivity contribution in [2.45, 2.75) is 23.8 Å². The van der Waals surface area contributed by atoms with Crippen LogP contribution in [0, 0.1) is 0 Å². The number of nitrogens with one attached hydrogen (secondary N) is 2. The van der Waals surface area contributed by atoms with E-state index in [1.807, 2.05) is 17.0 Å². The van der Waals surface area contributed by atoms with Crippen LogP contribution in [0.5, 0.6) is 5.75 Å². The van der Waals surface area contributed by atoms with Crippen molar-refractivity contribution >= 4 is 40.8 Å². The molecule has 37 heavy (non-hydrogen) atoms. The molecule has 0 spiro atoms. The molecule has 192 valence electrons. The zero-order valence-corrected chi connectivity index (χ0v) is 21.7. The maximum absolute atomic E-state index is 13.1. The number of carbonyl (C=O) groups excluding carboxylic acids is 3. The van der Waals surface area contributed by atoms with E-state index in [1.54, 1.807) is 48.0 Å². The minimum Gasteiger partial charge on any atom is -0.484 e. The molecule has 1 aromatic carbocycles. The number of rotatable bonds is 9. The Bertz CT molecular complexity index is 1240. The van der Waals surface area contributed by atoms with Crippen LogP contribution in [0.25, 0.3) is 0 Å². The standard InChI is InChI=1S/C26H27N5O4S2/c1-2-15-36-25-20(9-6-12-27-25)26(34)31-13-10-18(11-14-31)24-28-21(17-37-24)23(33)30-29-22(32)16-35-19-7-4-3-5-8-19/h2-9,12,17-18H,1,10-11,13-16H2,(H,29,32)(H,30,33). The number of aromatic nitrogens is 2. The zero-order valence-electron chi connectivity index (χ0n) is 20.1. The number of hydrazine groups is 1. The molecule has 3 aromatic rings. The molecule has 0 bridgehead atoms. The number of para-hydroxylation sites is 1. The van der Waals surface area contributed by atoms with Crippen LogP contribution in [-0.4, -0.2) is 58.0 Å². The van der Waals surface area contributed by atoms with Gasteiger partial charge in [-0.25, -0.2) is 9.97 Å². The fraction of sp³-hybridized carbons (Fsp3) is 0.269. The summed E-state index contributed by atoms with van der Waals surface area (Å²) in [6, 6.07) is 12.5. The Balaban J connectivity index is 1.25. The molecule has 1 saturated heterocycles. The number of nitrogens with zero attached hydrogens (tertiary/aromatic N) is 3. The van der Waals surface area contributed by atoms with E-state index < -0.39 is 11.8 Å². The molecule has 0 unspecified atom stereocenters. The van der Waals surface area contributed by atoms with E-state index in [0.717, 1.165) is 17.8 Å². The Kier molecular flexibility index (Phi) is 9.28. The Morgan fingerprint density at radius 1 is 1.14 bits per heavy atom. The van der Waals surface area contributed by atoms with Gasteiger partial charge in [-0.15, -0.1) is 29.7 Å². The maximum atomic E-state index is 13.1. The van der Waals surface area contributed by atoms with E-state index in [0.29, 0.717) is 35.2 Å². The summed E-state index contributed by atoms with van der Waals surface area (Å²) in [6.45, 7) is 4.70. The molecular formula is C26H27N5O4S2. The summed E-state index contributed by atoms with van der Waals surface area (Å²) in [5, 5.41) is 3.23. The largest absolute Gasteiger partial charge is 0.484 e. The Hall–Kier alpha value is -3.70. The summed E-state index contributed by atoms with van der Waals surface area (Å²) in [5.74, 6) is 0.407. The molecule has 1 fully saturated rings. The van der Waals surface area contributed by atoms with Crippen LogP contribution < -0.4 is 15.6 Å². The fourth-order valence-electron chi connectivity index (χ4n) is 3.78. The lowest BCUT2D eigenvalue weighted by atomic mass is 9.97. The monoisotopic (exact) mass is 537 g/mol. The number of amides is 3. The number of thiazole rings is 1. The van der Waals surface area contributed by atoms with Gasteiger partial charge in [0.2, 0.25) is 0 Å². The van der Waals surface area contributed by atoms with Crippen LogP contribution in [-0.2, 0) is 4.79 Å². The van der Waals surface area contributed by atoms with E-state index in [2.05, 4.69) is 27.4 Å². The van der Waals surface area contributed by atoms with Crippen LogP contribution in [0.2, 0.25) is 0 Å². The van der Waals surface area contributed by atoms with Gasteiger partial charge >= 0.3 is 0 Å². The highest BCUT2D eigenvalue weighted by molar-refractivity contribution is 7.99. The predicted molar refractivity (Wildman–Crippen MR) is 143 cm³/mol. The molecule has 0 atom stereocenters. The lowest BCUT2D eigenvalue weighted by molar-refractivity contribution is -0.123. The highest BCUT2D eigenvalue weighted by Crippen LogP contribution is 2.31. The molecule has 4 rings (SSSR count). The number of carbonyl (C=O) groups is 3. The van der Waals surface area contributed by atoms with Crippen molar-refractivity contribution in [3.63, 3.8) is 0 Å². The number of piperidine rings is 1. The van der Waals surface area contributed by atoms with Crippen LogP contribution in [0.3, 0.4) is 0 Å². The molecule has 3 amide bonds. The van der Waals surface area contributed by atoms with E-state index in [-0.39, 0.29) is 24.1 Å². The molecule has 9 nitrogen and oxygen atoms in total. The minimum atomic E-state index is -0.496. The second-order valence-electron chi connectivity index (χ2n) is 8.20. The number of thioether (sulfide) groups is 1. The van der Waals surface area contributed by atoms with Gasteiger partial charge in [-0.3, -0.25) is 25.2 Å². The molecule has 0 saturated carbocycles. The van der Waals surface area contributed by atoms with E-state index in [4.69, 9.17) is 4.74 Å². The van der Waals surface area contributed by atoms with E-state index in [1.165, 1.54) is 23.1 Å². The van der Waals surface area contributed by atoms with Gasteiger partial charge in [0, 0.05) is 36.3 Å². The lowest BCUT2D eigenvalue weighted by Gasteiger charge is -2.31. The van der Waals surface area contributed by atoms with Gasteiger partial charge in [-0.2, -0.15) is 0 Å². The van der Waals surface area contributed by atoms with Crippen molar-refractivity contribution in [2.24, 2.45) is 0 Å². The summed E-state index contributed by atoms with van der Waals surface area (Å²) in [4.78, 5) is 48.2. The number of hydrogen-bond acceptors (Lipinski definition) is 8. The van der Waals surface area contributed by atoms with Gasteiger partial charge in [0.15, 0.2) is 6.61 Å². The fourth-order valence-corrected chi connectivity index (χ4v) is 5.47. The highest BCUT2D eigenvalue weighted by atomic mass is 32.2. The highest BCUT2D eigenvalue weighted by Gasteiger charge is 2.28. The Morgan fingerprint density at radius 2 is 1.92 bits per heavy atom. The average molecular weight is 538 g/mol. The van der Waals surface area contributed by atoms with Crippen molar-refractivity contribution in [3.05, 3.63) is 83.0 Å². The summed E-state index contributed by atoms with van der Waals surface area (Å²) in [6.07, 6.45) is 4.98. The van der Waals surface area contributed by atoms with Crippen molar-refractivity contribution in [2.75, 3.05) is 25.4 Å². The van der Waals surface area contributed by atoms with Gasteiger partial charge < -0.3 is 9.64 Å². The quantitative estimate of drug-likeness (QED) is 0.243. The molecule has 0 radical (unpaired) electrons. The van der Waals surface area contributed by atoms with E-state index >= 15 is 0 Å². The van der Waals surface area contributed by atoms with Crippen LogP contribution in [0.1, 0.15) is 44.6 Å². The molecule has 2 N–H and O–H groups in total. The first kappa shape index (κ1) is 26.4. The first-order valence-corrected chi connectivity index (χ1v) is 13.6. The van der Waals surface area contributed by atoms with Gasteiger partial charge in [-0.05, 0) is 37.1 Å². The number of hydrogen-bond donors (Lipinski definition) is 2. The number of pyridine rings is 1. The van der Waals surface area contributed by atoms with Gasteiger partial charge in [0.25, 0.3) is 17.7 Å².